The van der Waals surface area contributed by atoms with E-state index in [0.29, 0.717) is 51.5 Å². The Bertz CT molecular complexity index is 1300. The lowest BCUT2D eigenvalue weighted by atomic mass is 10.1. The molecule has 0 saturated heterocycles. The third-order valence-electron chi connectivity index (χ3n) is 4.51. The van der Waals surface area contributed by atoms with Gasteiger partial charge in [0.15, 0.2) is 0 Å². The van der Waals surface area contributed by atoms with Crippen LogP contribution in [-0.2, 0) is 4.74 Å². The van der Waals surface area contributed by atoms with Crippen LogP contribution in [0, 0.1) is 6.92 Å². The number of aromatic nitrogens is 4. The molecule has 0 aliphatic carbocycles. The van der Waals surface area contributed by atoms with Crippen LogP contribution >= 0.6 is 0 Å². The molecule has 4 rings (SSSR count). The SMILES string of the molecule is COc1cc(-c2nc(-c3ncc(C)o3)n3ccnc(N)c23)ccc1NC(=O)OC(C)(C)C. The van der Waals surface area contributed by atoms with E-state index in [1.165, 1.54) is 7.11 Å². The Morgan fingerprint density at radius 2 is 2.03 bits per heavy atom. The summed E-state index contributed by atoms with van der Waals surface area (Å²) < 4.78 is 18.3. The number of amides is 1. The summed E-state index contributed by atoms with van der Waals surface area (Å²) in [6.07, 6.45) is 4.38. The maximum atomic E-state index is 12.2. The van der Waals surface area contributed by atoms with E-state index in [4.69, 9.17) is 24.6 Å². The summed E-state index contributed by atoms with van der Waals surface area (Å²) in [5.74, 6) is 2.26. The number of carbonyl (C=O) groups excluding carboxylic acids is 1. The smallest absolute Gasteiger partial charge is 0.412 e. The fourth-order valence-corrected chi connectivity index (χ4v) is 3.23. The van der Waals surface area contributed by atoms with Crippen molar-refractivity contribution >= 4 is 23.1 Å². The number of nitrogens with zero attached hydrogens (tertiary/aromatic N) is 4. The van der Waals surface area contributed by atoms with Crippen molar-refractivity contribution in [3.8, 4) is 28.7 Å². The molecule has 166 valence electrons. The van der Waals surface area contributed by atoms with Gasteiger partial charge in [-0.05, 0) is 39.8 Å². The van der Waals surface area contributed by atoms with Crippen molar-refractivity contribution in [2.24, 2.45) is 0 Å². The highest BCUT2D eigenvalue weighted by atomic mass is 16.6. The molecule has 0 radical (unpaired) electrons. The molecule has 3 N–H and O–H groups in total. The van der Waals surface area contributed by atoms with Crippen LogP contribution in [0.15, 0.2) is 41.2 Å². The van der Waals surface area contributed by atoms with Gasteiger partial charge in [0.25, 0.3) is 5.89 Å². The summed E-state index contributed by atoms with van der Waals surface area (Å²) in [7, 11) is 1.52. The number of hydrogen-bond acceptors (Lipinski definition) is 8. The Morgan fingerprint density at radius 3 is 2.69 bits per heavy atom. The molecule has 3 heterocycles. The molecule has 1 aromatic carbocycles. The van der Waals surface area contributed by atoms with Crippen molar-refractivity contribution in [1.29, 1.82) is 0 Å². The Hall–Kier alpha value is -4.08. The topological polar surface area (TPSA) is 130 Å². The number of nitrogen functional groups attached to an aromatic ring is 1. The van der Waals surface area contributed by atoms with Crippen molar-refractivity contribution in [3.63, 3.8) is 0 Å². The first-order valence-corrected chi connectivity index (χ1v) is 9.90. The van der Waals surface area contributed by atoms with E-state index in [1.54, 1.807) is 62.0 Å². The molecule has 0 spiro atoms. The number of nitrogens with one attached hydrogen (secondary N) is 1. The normalized spacial score (nSPS) is 11.5. The molecule has 0 aliphatic rings. The minimum Gasteiger partial charge on any atom is -0.495 e. The molecule has 0 fully saturated rings. The second-order valence-corrected chi connectivity index (χ2v) is 8.13. The molecule has 1 amide bonds. The number of carbonyl (C=O) groups is 1. The number of oxazole rings is 1. The van der Waals surface area contributed by atoms with Crippen molar-refractivity contribution < 1.29 is 18.7 Å². The largest absolute Gasteiger partial charge is 0.495 e. The third-order valence-corrected chi connectivity index (χ3v) is 4.51. The molecular weight excluding hydrogens is 412 g/mol. The maximum absolute atomic E-state index is 12.2. The van der Waals surface area contributed by atoms with E-state index in [0.717, 1.165) is 0 Å². The molecule has 0 bridgehead atoms. The van der Waals surface area contributed by atoms with Gasteiger partial charge in [-0.3, -0.25) is 9.72 Å². The molecule has 3 aromatic heterocycles. The molecule has 0 aliphatic heterocycles. The van der Waals surface area contributed by atoms with Gasteiger partial charge in [0.05, 0.1) is 19.0 Å². The van der Waals surface area contributed by atoms with E-state index in [2.05, 4.69) is 15.3 Å². The molecular formula is C22H24N6O4. The number of methoxy groups -OCH3 is 1. The van der Waals surface area contributed by atoms with Gasteiger partial charge in [0.2, 0.25) is 5.82 Å². The zero-order valence-corrected chi connectivity index (χ0v) is 18.5. The van der Waals surface area contributed by atoms with Crippen LogP contribution in [0.25, 0.3) is 28.5 Å². The van der Waals surface area contributed by atoms with Crippen LogP contribution in [0.3, 0.4) is 0 Å². The standard InChI is InChI=1S/C22H24N6O4/c1-12-11-25-20(31-12)19-27-16(17-18(23)24-8-9-28(17)19)13-6-7-14(15(10-13)30-5)26-21(29)32-22(2,3)4/h6-11H,1-5H3,(H2,23,24)(H,26,29). The first-order valence-electron chi connectivity index (χ1n) is 9.90. The number of hydrogen-bond donors (Lipinski definition) is 2. The number of benzene rings is 1. The van der Waals surface area contributed by atoms with Crippen molar-refractivity contribution in [3.05, 3.63) is 42.5 Å². The van der Waals surface area contributed by atoms with Gasteiger partial charge in [0, 0.05) is 18.0 Å². The van der Waals surface area contributed by atoms with Gasteiger partial charge < -0.3 is 19.6 Å². The molecule has 32 heavy (non-hydrogen) atoms. The highest BCUT2D eigenvalue weighted by Gasteiger charge is 2.22. The predicted octanol–water partition coefficient (Wildman–Crippen LogP) is 4.30. The molecule has 0 atom stereocenters. The zero-order valence-electron chi connectivity index (χ0n) is 18.5. The molecule has 10 nitrogen and oxygen atoms in total. The minimum absolute atomic E-state index is 0.305. The lowest BCUT2D eigenvalue weighted by Crippen LogP contribution is -2.27. The Morgan fingerprint density at radius 1 is 1.25 bits per heavy atom. The van der Waals surface area contributed by atoms with E-state index >= 15 is 0 Å². The highest BCUT2D eigenvalue weighted by molar-refractivity contribution is 5.91. The number of rotatable bonds is 4. The number of nitrogens with two attached hydrogens (primary N) is 1. The summed E-state index contributed by atoms with van der Waals surface area (Å²) in [5.41, 5.74) is 7.92. The Labute approximate surface area is 184 Å². The lowest BCUT2D eigenvalue weighted by molar-refractivity contribution is 0.0635. The average Bonchev–Trinajstić information content (AvgIpc) is 3.31. The summed E-state index contributed by atoms with van der Waals surface area (Å²) in [5, 5.41) is 2.71. The van der Waals surface area contributed by atoms with Crippen LogP contribution in [0.4, 0.5) is 16.3 Å². The van der Waals surface area contributed by atoms with Crippen molar-refractivity contribution in [2.45, 2.75) is 33.3 Å². The van der Waals surface area contributed by atoms with Crippen LogP contribution in [0.1, 0.15) is 26.5 Å². The van der Waals surface area contributed by atoms with Crippen LogP contribution in [0.2, 0.25) is 0 Å². The monoisotopic (exact) mass is 436 g/mol. The average molecular weight is 436 g/mol. The quantitative estimate of drug-likeness (QED) is 0.484. The second kappa shape index (κ2) is 7.88. The van der Waals surface area contributed by atoms with Gasteiger partial charge in [0.1, 0.15) is 34.1 Å². The summed E-state index contributed by atoms with van der Waals surface area (Å²) in [6.45, 7) is 7.19. The lowest BCUT2D eigenvalue weighted by Gasteiger charge is -2.20. The Balaban J connectivity index is 1.78. The summed E-state index contributed by atoms with van der Waals surface area (Å²) in [6, 6.07) is 5.27. The highest BCUT2D eigenvalue weighted by Crippen LogP contribution is 2.36. The van der Waals surface area contributed by atoms with Gasteiger partial charge in [-0.25, -0.2) is 19.7 Å². The zero-order chi connectivity index (χ0) is 23.0. The summed E-state index contributed by atoms with van der Waals surface area (Å²) >= 11 is 0. The fraction of sp³-hybridized carbons (Fsp3) is 0.273. The third kappa shape index (κ3) is 4.07. The number of ether oxygens (including phenoxy) is 2. The molecule has 4 aromatic rings. The predicted molar refractivity (Wildman–Crippen MR) is 119 cm³/mol. The van der Waals surface area contributed by atoms with Crippen molar-refractivity contribution in [1.82, 2.24) is 19.4 Å². The van der Waals surface area contributed by atoms with Gasteiger partial charge in [-0.15, -0.1) is 0 Å². The molecule has 0 saturated carbocycles. The number of anilines is 2. The van der Waals surface area contributed by atoms with Crippen molar-refractivity contribution in [2.75, 3.05) is 18.2 Å². The van der Waals surface area contributed by atoms with Gasteiger partial charge >= 0.3 is 6.09 Å². The Kier molecular flexibility index (Phi) is 5.21. The van der Waals surface area contributed by atoms with Crippen LogP contribution in [-0.4, -0.2) is 38.2 Å². The first kappa shape index (κ1) is 21.2. The molecule has 0 unspecified atom stereocenters. The number of aryl methyl sites for hydroxylation is 1. The van der Waals surface area contributed by atoms with Gasteiger partial charge in [-0.2, -0.15) is 0 Å². The van der Waals surface area contributed by atoms with Crippen LogP contribution in [0.5, 0.6) is 5.75 Å². The summed E-state index contributed by atoms with van der Waals surface area (Å²) in [4.78, 5) is 25.4. The van der Waals surface area contributed by atoms with Crippen LogP contribution < -0.4 is 15.8 Å². The number of fused-ring (bicyclic) bond motifs is 1. The van der Waals surface area contributed by atoms with E-state index in [-0.39, 0.29) is 0 Å². The number of imidazole rings is 1. The van der Waals surface area contributed by atoms with E-state index < -0.39 is 11.7 Å². The van der Waals surface area contributed by atoms with Gasteiger partial charge in [-0.1, -0.05) is 6.07 Å². The minimum atomic E-state index is -0.619. The first-order chi connectivity index (χ1) is 15.2. The second-order valence-electron chi connectivity index (χ2n) is 8.13. The van der Waals surface area contributed by atoms with E-state index in [9.17, 15) is 4.79 Å². The fourth-order valence-electron chi connectivity index (χ4n) is 3.23. The maximum Gasteiger partial charge on any atom is 0.412 e. The van der Waals surface area contributed by atoms with E-state index in [1.807, 2.05) is 6.92 Å². The molecule has 10 heteroatoms.